The van der Waals surface area contributed by atoms with Crippen LogP contribution in [0.4, 0.5) is 0 Å². The molecule has 0 saturated carbocycles. The van der Waals surface area contributed by atoms with E-state index in [1.165, 1.54) is 5.56 Å². The molecule has 6 heteroatoms. The maximum atomic E-state index is 13.8. The van der Waals surface area contributed by atoms with Crippen LogP contribution in [-0.4, -0.2) is 19.3 Å². The minimum atomic E-state index is -0.157. The van der Waals surface area contributed by atoms with Crippen LogP contribution in [-0.2, 0) is 0 Å². The molecule has 0 aliphatic rings. The number of para-hydroxylation sites is 2. The van der Waals surface area contributed by atoms with Gasteiger partial charge in [-0.05, 0) is 61.5 Å². The molecule has 0 saturated heterocycles. The van der Waals surface area contributed by atoms with Gasteiger partial charge in [0.15, 0.2) is 5.82 Å². The van der Waals surface area contributed by atoms with E-state index >= 15 is 0 Å². The van der Waals surface area contributed by atoms with Crippen LogP contribution in [0.25, 0.3) is 45.1 Å². The SMILES string of the molecule is Cc1ccc(-c2cc(-c3nc4ccccc4c(=O)n3-c3ccc(Cl)cc3)n(-c3ccccc3)n2)cc1. The van der Waals surface area contributed by atoms with Crippen molar-refractivity contribution in [2.24, 2.45) is 0 Å². The molecular weight excluding hydrogens is 468 g/mol. The molecule has 6 rings (SSSR count). The number of aromatic nitrogens is 4. The van der Waals surface area contributed by atoms with Crippen molar-refractivity contribution in [2.45, 2.75) is 6.92 Å². The summed E-state index contributed by atoms with van der Waals surface area (Å²) in [5.74, 6) is 0.496. The molecule has 0 aliphatic carbocycles. The lowest BCUT2D eigenvalue weighted by Crippen LogP contribution is -2.22. The van der Waals surface area contributed by atoms with Gasteiger partial charge in [0, 0.05) is 10.6 Å². The van der Waals surface area contributed by atoms with E-state index in [-0.39, 0.29) is 5.56 Å². The van der Waals surface area contributed by atoms with Gasteiger partial charge in [0.25, 0.3) is 5.56 Å². The van der Waals surface area contributed by atoms with E-state index in [0.29, 0.717) is 33.1 Å². The average Bonchev–Trinajstić information content (AvgIpc) is 3.36. The molecule has 0 fully saturated rings. The number of rotatable bonds is 4. The summed E-state index contributed by atoms with van der Waals surface area (Å²) in [5.41, 5.74) is 5.67. The van der Waals surface area contributed by atoms with Gasteiger partial charge < -0.3 is 0 Å². The number of nitrogens with zero attached hydrogens (tertiary/aromatic N) is 4. The second kappa shape index (κ2) is 8.95. The van der Waals surface area contributed by atoms with Crippen LogP contribution in [0.3, 0.4) is 0 Å². The van der Waals surface area contributed by atoms with Crippen LogP contribution in [0.1, 0.15) is 5.56 Å². The van der Waals surface area contributed by atoms with Crippen LogP contribution in [0, 0.1) is 6.92 Å². The van der Waals surface area contributed by atoms with Gasteiger partial charge in [-0.2, -0.15) is 5.10 Å². The molecule has 0 aliphatic heterocycles. The molecule has 0 unspecified atom stereocenters. The first-order valence-corrected chi connectivity index (χ1v) is 12.0. The van der Waals surface area contributed by atoms with Crippen LogP contribution in [0.2, 0.25) is 5.02 Å². The molecule has 174 valence electrons. The molecule has 0 bridgehead atoms. The lowest BCUT2D eigenvalue weighted by molar-refractivity contribution is 0.865. The Morgan fingerprint density at radius 3 is 2.19 bits per heavy atom. The molecule has 0 N–H and O–H groups in total. The largest absolute Gasteiger partial charge is 0.268 e. The van der Waals surface area contributed by atoms with Crippen molar-refractivity contribution < 1.29 is 0 Å². The van der Waals surface area contributed by atoms with Gasteiger partial charge in [-0.3, -0.25) is 9.36 Å². The molecule has 4 aromatic carbocycles. The Kier molecular flexibility index (Phi) is 5.47. The fraction of sp³-hybridized carbons (Fsp3) is 0.0333. The van der Waals surface area contributed by atoms with Crippen LogP contribution in [0.15, 0.2) is 114 Å². The molecule has 0 atom stereocenters. The highest BCUT2D eigenvalue weighted by molar-refractivity contribution is 6.30. The second-order valence-corrected chi connectivity index (χ2v) is 9.03. The van der Waals surface area contributed by atoms with Gasteiger partial charge >= 0.3 is 0 Å². The van der Waals surface area contributed by atoms with E-state index < -0.39 is 0 Å². The summed E-state index contributed by atoms with van der Waals surface area (Å²) >= 11 is 6.16. The third-order valence-corrected chi connectivity index (χ3v) is 6.40. The van der Waals surface area contributed by atoms with E-state index in [9.17, 15) is 4.79 Å². The fourth-order valence-corrected chi connectivity index (χ4v) is 4.43. The van der Waals surface area contributed by atoms with E-state index in [1.807, 2.05) is 71.4 Å². The maximum absolute atomic E-state index is 13.8. The Labute approximate surface area is 212 Å². The number of fused-ring (bicyclic) bond motifs is 1. The first-order chi connectivity index (χ1) is 17.6. The molecule has 0 radical (unpaired) electrons. The van der Waals surface area contributed by atoms with Gasteiger partial charge in [-0.1, -0.05) is 71.8 Å². The number of benzene rings is 4. The number of hydrogen-bond donors (Lipinski definition) is 0. The molecule has 2 aromatic heterocycles. The molecule has 36 heavy (non-hydrogen) atoms. The van der Waals surface area contributed by atoms with Gasteiger partial charge in [-0.25, -0.2) is 9.67 Å². The predicted octanol–water partition coefficient (Wildman–Crippen LogP) is 6.87. The van der Waals surface area contributed by atoms with Crippen LogP contribution in [0.5, 0.6) is 0 Å². The molecule has 2 heterocycles. The molecule has 0 amide bonds. The van der Waals surface area contributed by atoms with Crippen molar-refractivity contribution in [2.75, 3.05) is 0 Å². The Hall–Kier alpha value is -4.48. The quantitative estimate of drug-likeness (QED) is 0.272. The summed E-state index contributed by atoms with van der Waals surface area (Å²) in [5, 5.41) is 6.09. The van der Waals surface area contributed by atoms with Gasteiger partial charge in [0.05, 0.1) is 28.0 Å². The highest BCUT2D eigenvalue weighted by Gasteiger charge is 2.21. The monoisotopic (exact) mass is 488 g/mol. The van der Waals surface area contributed by atoms with Crippen LogP contribution >= 0.6 is 11.6 Å². The lowest BCUT2D eigenvalue weighted by Gasteiger charge is -2.15. The van der Waals surface area contributed by atoms with Gasteiger partial charge in [-0.15, -0.1) is 0 Å². The Balaban J connectivity index is 1.69. The second-order valence-electron chi connectivity index (χ2n) is 8.60. The smallest absolute Gasteiger partial charge is 0.266 e. The first kappa shape index (κ1) is 22.0. The van der Waals surface area contributed by atoms with Crippen molar-refractivity contribution in [3.05, 3.63) is 130 Å². The molecular formula is C30H21ClN4O. The van der Waals surface area contributed by atoms with Crippen molar-refractivity contribution in [3.63, 3.8) is 0 Å². The van der Waals surface area contributed by atoms with E-state index in [2.05, 4.69) is 31.2 Å². The number of aryl methyl sites for hydroxylation is 1. The standard InChI is InChI=1S/C30H21ClN4O/c1-20-11-13-21(14-12-20)27-19-28(35(33-27)24-7-3-2-4-8-24)29-32-26-10-6-5-9-25(26)30(36)34(29)23-17-15-22(31)16-18-23/h2-19H,1H3. The Bertz CT molecular complexity index is 1750. The minimum absolute atomic E-state index is 0.157. The summed E-state index contributed by atoms with van der Waals surface area (Å²) < 4.78 is 3.48. The lowest BCUT2D eigenvalue weighted by atomic mass is 10.1. The van der Waals surface area contributed by atoms with Crippen molar-refractivity contribution in [1.29, 1.82) is 0 Å². The predicted molar refractivity (Wildman–Crippen MR) is 145 cm³/mol. The number of hydrogen-bond acceptors (Lipinski definition) is 3. The maximum Gasteiger partial charge on any atom is 0.266 e. The average molecular weight is 489 g/mol. The van der Waals surface area contributed by atoms with Crippen molar-refractivity contribution >= 4 is 22.5 Å². The highest BCUT2D eigenvalue weighted by atomic mass is 35.5. The van der Waals surface area contributed by atoms with Crippen LogP contribution < -0.4 is 5.56 Å². The fourth-order valence-electron chi connectivity index (χ4n) is 4.31. The third kappa shape index (κ3) is 3.89. The topological polar surface area (TPSA) is 52.7 Å². The zero-order valence-electron chi connectivity index (χ0n) is 19.5. The van der Waals surface area contributed by atoms with Gasteiger partial charge in [0.2, 0.25) is 0 Å². The summed E-state index contributed by atoms with van der Waals surface area (Å²) in [6.45, 7) is 2.06. The third-order valence-electron chi connectivity index (χ3n) is 6.15. The zero-order valence-corrected chi connectivity index (χ0v) is 20.2. The highest BCUT2D eigenvalue weighted by Crippen LogP contribution is 2.30. The molecule has 0 spiro atoms. The summed E-state index contributed by atoms with van der Waals surface area (Å²) in [7, 11) is 0. The summed E-state index contributed by atoms with van der Waals surface area (Å²) in [6, 6.07) is 34.7. The van der Waals surface area contributed by atoms with Crippen molar-refractivity contribution in [3.8, 4) is 34.2 Å². The van der Waals surface area contributed by atoms with E-state index in [1.54, 1.807) is 22.8 Å². The normalized spacial score (nSPS) is 11.2. The van der Waals surface area contributed by atoms with Crippen molar-refractivity contribution in [1.82, 2.24) is 19.3 Å². The summed E-state index contributed by atoms with van der Waals surface area (Å²) in [6.07, 6.45) is 0. The molecule has 5 nitrogen and oxygen atoms in total. The minimum Gasteiger partial charge on any atom is -0.268 e. The Morgan fingerprint density at radius 1 is 0.750 bits per heavy atom. The molecule has 6 aromatic rings. The number of halogens is 1. The van der Waals surface area contributed by atoms with Gasteiger partial charge in [0.1, 0.15) is 5.69 Å². The zero-order chi connectivity index (χ0) is 24.6. The Morgan fingerprint density at radius 2 is 1.44 bits per heavy atom. The van der Waals surface area contributed by atoms with E-state index in [4.69, 9.17) is 21.7 Å². The first-order valence-electron chi connectivity index (χ1n) is 11.6. The summed E-state index contributed by atoms with van der Waals surface area (Å²) in [4.78, 5) is 18.8. The van der Waals surface area contributed by atoms with E-state index in [0.717, 1.165) is 16.9 Å².